The Bertz CT molecular complexity index is 89.4. The third kappa shape index (κ3) is 7.67. The summed E-state index contributed by atoms with van der Waals surface area (Å²) < 4.78 is 0. The van der Waals surface area contributed by atoms with Crippen molar-refractivity contribution in [2.45, 2.75) is 46.5 Å². The number of nitrogens with one attached hydrogen (secondary N) is 1. The van der Waals surface area contributed by atoms with Crippen LogP contribution in [0.15, 0.2) is 0 Å². The molecule has 0 aliphatic rings. The third-order valence-corrected chi connectivity index (χ3v) is 1.53. The van der Waals surface area contributed by atoms with Gasteiger partial charge in [-0.15, -0.1) is 0 Å². The summed E-state index contributed by atoms with van der Waals surface area (Å²) in [5.41, 5.74) is 0.474. The summed E-state index contributed by atoms with van der Waals surface area (Å²) in [6.07, 6.45) is 6.18. The van der Waals surface area contributed by atoms with E-state index in [2.05, 4.69) is 20.8 Å². The molecule has 0 heterocycles. The molecule has 0 aromatic heterocycles. The minimum Gasteiger partial charge on any atom is -0.313 e. The van der Waals surface area contributed by atoms with E-state index in [0.717, 1.165) is 6.42 Å². The van der Waals surface area contributed by atoms with E-state index in [1.54, 1.807) is 0 Å². The van der Waals surface area contributed by atoms with Crippen LogP contribution < -0.4 is 0 Å². The van der Waals surface area contributed by atoms with Crippen LogP contribution in [0.5, 0.6) is 0 Å². The molecular formula is C9H19N. The number of rotatable bonds is 4. The lowest BCUT2D eigenvalue weighted by Gasteiger charge is -2.16. The molecule has 0 atom stereocenters. The molecule has 1 N–H and O–H groups in total. The minimum atomic E-state index is 0.474. The molecular weight excluding hydrogens is 122 g/mol. The standard InChI is InChI=1S/C9H19N/c1-9(2,3)7-5-4-6-8-10/h8,10H,4-7H2,1-3H3. The minimum absolute atomic E-state index is 0.474. The van der Waals surface area contributed by atoms with Crippen molar-refractivity contribution < 1.29 is 0 Å². The average molecular weight is 141 g/mol. The molecule has 0 aliphatic carbocycles. The normalized spacial score (nSPS) is 11.5. The lowest BCUT2D eigenvalue weighted by atomic mass is 9.90. The van der Waals surface area contributed by atoms with Crippen molar-refractivity contribution in [2.75, 3.05) is 0 Å². The average Bonchev–Trinajstić information content (AvgIpc) is 1.78. The number of hydrogen-bond acceptors (Lipinski definition) is 1. The second-order valence-corrected chi connectivity index (χ2v) is 4.01. The summed E-state index contributed by atoms with van der Waals surface area (Å²) in [7, 11) is 0. The molecule has 0 spiro atoms. The van der Waals surface area contributed by atoms with E-state index in [1.165, 1.54) is 25.5 Å². The Kier molecular flexibility index (Phi) is 4.33. The molecule has 0 aromatic carbocycles. The van der Waals surface area contributed by atoms with Gasteiger partial charge in [-0.3, -0.25) is 0 Å². The van der Waals surface area contributed by atoms with E-state index in [-0.39, 0.29) is 0 Å². The van der Waals surface area contributed by atoms with Crippen LogP contribution in [0, 0.1) is 10.8 Å². The van der Waals surface area contributed by atoms with E-state index in [0.29, 0.717) is 5.41 Å². The Morgan fingerprint density at radius 3 is 2.20 bits per heavy atom. The van der Waals surface area contributed by atoms with Crippen molar-refractivity contribution in [1.82, 2.24) is 0 Å². The van der Waals surface area contributed by atoms with E-state index < -0.39 is 0 Å². The highest BCUT2D eigenvalue weighted by Crippen LogP contribution is 2.21. The maximum absolute atomic E-state index is 6.81. The molecule has 1 nitrogen and oxygen atoms in total. The fraction of sp³-hybridized carbons (Fsp3) is 0.889. The van der Waals surface area contributed by atoms with Crippen molar-refractivity contribution in [3.05, 3.63) is 0 Å². The molecule has 0 radical (unpaired) electrons. The maximum Gasteiger partial charge on any atom is -0.00477 e. The summed E-state index contributed by atoms with van der Waals surface area (Å²) in [4.78, 5) is 0. The van der Waals surface area contributed by atoms with Crippen LogP contribution in [0.25, 0.3) is 0 Å². The van der Waals surface area contributed by atoms with Gasteiger partial charge in [0, 0.05) is 0 Å². The zero-order valence-corrected chi connectivity index (χ0v) is 7.41. The smallest absolute Gasteiger partial charge is 0.00477 e. The predicted octanol–water partition coefficient (Wildman–Crippen LogP) is 3.24. The molecule has 0 rings (SSSR count). The Labute approximate surface area is 64.3 Å². The topological polar surface area (TPSA) is 23.9 Å². The zero-order chi connectivity index (χ0) is 8.04. The van der Waals surface area contributed by atoms with Crippen LogP contribution in [0.1, 0.15) is 46.5 Å². The van der Waals surface area contributed by atoms with Gasteiger partial charge in [-0.1, -0.05) is 27.2 Å². The Balaban J connectivity index is 3.12. The molecule has 0 saturated carbocycles. The van der Waals surface area contributed by atoms with E-state index >= 15 is 0 Å². The SMILES string of the molecule is CC(C)(C)CCCCC=N. The van der Waals surface area contributed by atoms with Crippen LogP contribution in [0.4, 0.5) is 0 Å². The molecule has 0 fully saturated rings. The van der Waals surface area contributed by atoms with Crippen LogP contribution in [-0.2, 0) is 0 Å². The van der Waals surface area contributed by atoms with E-state index in [1.807, 2.05) is 0 Å². The summed E-state index contributed by atoms with van der Waals surface area (Å²) in [5.74, 6) is 0. The first kappa shape index (κ1) is 9.67. The van der Waals surface area contributed by atoms with Crippen LogP contribution in [0.2, 0.25) is 0 Å². The second kappa shape index (κ2) is 4.48. The summed E-state index contributed by atoms with van der Waals surface area (Å²) in [6, 6.07) is 0. The lowest BCUT2D eigenvalue weighted by molar-refractivity contribution is 0.362. The maximum atomic E-state index is 6.81. The van der Waals surface area contributed by atoms with Gasteiger partial charge in [-0.05, 0) is 30.9 Å². The number of hydrogen-bond donors (Lipinski definition) is 1. The van der Waals surface area contributed by atoms with Gasteiger partial charge in [0.15, 0.2) is 0 Å². The molecule has 0 saturated heterocycles. The molecule has 1 heteroatoms. The quantitative estimate of drug-likeness (QED) is 0.459. The van der Waals surface area contributed by atoms with E-state index in [9.17, 15) is 0 Å². The lowest BCUT2D eigenvalue weighted by Crippen LogP contribution is -2.03. The third-order valence-electron chi connectivity index (χ3n) is 1.53. The molecule has 0 bridgehead atoms. The van der Waals surface area contributed by atoms with Crippen molar-refractivity contribution >= 4 is 6.21 Å². The summed E-state index contributed by atoms with van der Waals surface area (Å²) in [6.45, 7) is 6.78. The fourth-order valence-electron chi connectivity index (χ4n) is 0.902. The van der Waals surface area contributed by atoms with E-state index in [4.69, 9.17) is 5.41 Å². The highest BCUT2D eigenvalue weighted by Gasteiger charge is 2.07. The highest BCUT2D eigenvalue weighted by atomic mass is 14.3. The first-order valence-electron chi connectivity index (χ1n) is 4.05. The van der Waals surface area contributed by atoms with Crippen molar-refractivity contribution in [3.63, 3.8) is 0 Å². The second-order valence-electron chi connectivity index (χ2n) is 4.01. The van der Waals surface area contributed by atoms with Gasteiger partial charge in [-0.25, -0.2) is 0 Å². The van der Waals surface area contributed by atoms with Gasteiger partial charge in [0.25, 0.3) is 0 Å². The Morgan fingerprint density at radius 1 is 1.20 bits per heavy atom. The summed E-state index contributed by atoms with van der Waals surface area (Å²) >= 11 is 0. The molecule has 0 aromatic rings. The van der Waals surface area contributed by atoms with Gasteiger partial charge >= 0.3 is 0 Å². The predicted molar refractivity (Wildman–Crippen MR) is 46.7 cm³/mol. The number of unbranched alkanes of at least 4 members (excludes halogenated alkanes) is 2. The first-order valence-corrected chi connectivity index (χ1v) is 4.05. The fourth-order valence-corrected chi connectivity index (χ4v) is 0.902. The Morgan fingerprint density at radius 2 is 1.80 bits per heavy atom. The largest absolute Gasteiger partial charge is 0.313 e. The molecule has 0 unspecified atom stereocenters. The first-order chi connectivity index (χ1) is 4.56. The monoisotopic (exact) mass is 141 g/mol. The zero-order valence-electron chi connectivity index (χ0n) is 7.41. The van der Waals surface area contributed by atoms with Gasteiger partial charge in [-0.2, -0.15) is 0 Å². The van der Waals surface area contributed by atoms with Crippen LogP contribution in [0.3, 0.4) is 0 Å². The van der Waals surface area contributed by atoms with Gasteiger partial charge in [0.1, 0.15) is 0 Å². The van der Waals surface area contributed by atoms with Crippen LogP contribution >= 0.6 is 0 Å². The highest BCUT2D eigenvalue weighted by molar-refractivity contribution is 5.52. The molecule has 60 valence electrons. The van der Waals surface area contributed by atoms with Gasteiger partial charge in [0.05, 0.1) is 0 Å². The molecule has 0 aliphatic heterocycles. The van der Waals surface area contributed by atoms with Crippen molar-refractivity contribution in [2.24, 2.45) is 5.41 Å². The van der Waals surface area contributed by atoms with Gasteiger partial charge in [0.2, 0.25) is 0 Å². The van der Waals surface area contributed by atoms with Crippen LogP contribution in [-0.4, -0.2) is 6.21 Å². The molecule has 10 heavy (non-hydrogen) atoms. The van der Waals surface area contributed by atoms with Gasteiger partial charge < -0.3 is 5.41 Å². The Hall–Kier alpha value is -0.330. The van der Waals surface area contributed by atoms with Crippen molar-refractivity contribution in [1.29, 1.82) is 5.41 Å². The molecule has 0 amide bonds. The summed E-state index contributed by atoms with van der Waals surface area (Å²) in [5, 5.41) is 6.81. The van der Waals surface area contributed by atoms with Crippen molar-refractivity contribution in [3.8, 4) is 0 Å².